The van der Waals surface area contributed by atoms with E-state index in [1.165, 1.54) is 24.0 Å². The number of rotatable bonds is 8. The van der Waals surface area contributed by atoms with Crippen LogP contribution in [0.25, 0.3) is 0 Å². The number of carbonyl (C=O) groups excluding carboxylic acids is 1. The number of hydrogen-bond donors (Lipinski definition) is 0. The maximum absolute atomic E-state index is 12.7. The maximum Gasteiger partial charge on any atom is 0.410 e. The minimum atomic E-state index is -0.456. The predicted molar refractivity (Wildman–Crippen MR) is 174 cm³/mol. The van der Waals surface area contributed by atoms with E-state index in [2.05, 4.69) is 60.0 Å². The molecule has 0 radical (unpaired) electrons. The summed E-state index contributed by atoms with van der Waals surface area (Å²) in [6.45, 7) is 15.8. The summed E-state index contributed by atoms with van der Waals surface area (Å²) >= 11 is 0. The molecule has 44 heavy (non-hydrogen) atoms. The second-order valence-electron chi connectivity index (χ2n) is 14.3. The van der Waals surface area contributed by atoms with Crippen LogP contribution in [-0.4, -0.2) is 86.5 Å². The SMILES string of the molecule is COc1cc(CN2CCN(C3CC4(CCN(C(=O)OC(C)(C)C)CC4)C3)C(c3ccccc3C(C)C)C2)cc(OC)c1OC. The second-order valence-corrected chi connectivity index (χ2v) is 14.3. The van der Waals surface area contributed by atoms with Crippen LogP contribution in [0, 0.1) is 5.41 Å². The van der Waals surface area contributed by atoms with Gasteiger partial charge in [-0.05, 0) is 86.6 Å². The molecule has 5 rings (SSSR count). The van der Waals surface area contributed by atoms with Crippen LogP contribution in [-0.2, 0) is 11.3 Å². The molecule has 242 valence electrons. The Morgan fingerprint density at radius 1 is 0.932 bits per heavy atom. The van der Waals surface area contributed by atoms with Crippen molar-refractivity contribution in [2.75, 3.05) is 54.1 Å². The summed E-state index contributed by atoms with van der Waals surface area (Å²) in [4.78, 5) is 20.0. The molecule has 2 aliphatic heterocycles. The van der Waals surface area contributed by atoms with Gasteiger partial charge in [-0.15, -0.1) is 0 Å². The second kappa shape index (κ2) is 13.2. The van der Waals surface area contributed by atoms with Gasteiger partial charge >= 0.3 is 6.09 Å². The first-order valence-corrected chi connectivity index (χ1v) is 16.3. The summed E-state index contributed by atoms with van der Waals surface area (Å²) in [5.41, 5.74) is 3.94. The number of carbonyl (C=O) groups is 1. The molecule has 1 spiro atoms. The van der Waals surface area contributed by atoms with Crippen molar-refractivity contribution < 1.29 is 23.7 Å². The van der Waals surface area contributed by atoms with E-state index in [-0.39, 0.29) is 6.09 Å². The fourth-order valence-electron chi connectivity index (χ4n) is 7.61. The standard InChI is InChI=1S/C36H53N3O5/c1-25(2)28-11-9-10-12-29(28)30-24-37(23-26-19-31(41-6)33(43-8)32(20-26)42-7)17-18-39(30)27-21-36(22-27)13-15-38(16-14-36)34(40)44-35(3,4)5/h9-12,19-20,25,27,30H,13-18,21-24H2,1-8H3. The van der Waals surface area contributed by atoms with E-state index >= 15 is 0 Å². The van der Waals surface area contributed by atoms with Crippen LogP contribution in [0.5, 0.6) is 17.2 Å². The van der Waals surface area contributed by atoms with Crippen molar-refractivity contribution in [2.45, 2.75) is 90.4 Å². The molecule has 3 aliphatic rings. The molecule has 1 aliphatic carbocycles. The maximum atomic E-state index is 12.7. The zero-order valence-electron chi connectivity index (χ0n) is 28.2. The summed E-state index contributed by atoms with van der Waals surface area (Å²) in [7, 11) is 4.99. The van der Waals surface area contributed by atoms with Gasteiger partial charge in [0.25, 0.3) is 0 Å². The number of nitrogens with zero attached hydrogens (tertiary/aromatic N) is 3. The number of benzene rings is 2. The minimum absolute atomic E-state index is 0.170. The molecular formula is C36H53N3O5. The van der Waals surface area contributed by atoms with Crippen LogP contribution >= 0.6 is 0 Å². The normalized spacial score (nSPS) is 21.3. The first-order chi connectivity index (χ1) is 21.0. The molecule has 1 unspecified atom stereocenters. The summed E-state index contributed by atoms with van der Waals surface area (Å²) < 4.78 is 22.5. The molecule has 0 aromatic heterocycles. The average Bonchev–Trinajstić information content (AvgIpc) is 2.98. The first-order valence-electron chi connectivity index (χ1n) is 16.3. The molecule has 1 saturated carbocycles. The number of methoxy groups -OCH3 is 3. The van der Waals surface area contributed by atoms with Gasteiger partial charge in [-0.3, -0.25) is 9.80 Å². The van der Waals surface area contributed by atoms with Crippen LogP contribution in [0.2, 0.25) is 0 Å². The third kappa shape index (κ3) is 6.96. The minimum Gasteiger partial charge on any atom is -0.493 e. The molecule has 2 saturated heterocycles. The Kier molecular flexibility index (Phi) is 9.71. The smallest absolute Gasteiger partial charge is 0.410 e. The molecule has 8 heteroatoms. The first kappa shape index (κ1) is 32.4. The number of amides is 1. The van der Waals surface area contributed by atoms with Gasteiger partial charge in [-0.1, -0.05) is 38.1 Å². The summed E-state index contributed by atoms with van der Waals surface area (Å²) in [6, 6.07) is 14.1. The van der Waals surface area contributed by atoms with Gasteiger partial charge in [-0.2, -0.15) is 0 Å². The highest BCUT2D eigenvalue weighted by Gasteiger charge is 2.50. The molecule has 2 aromatic rings. The Morgan fingerprint density at radius 2 is 1.57 bits per heavy atom. The van der Waals surface area contributed by atoms with Gasteiger partial charge < -0.3 is 23.8 Å². The monoisotopic (exact) mass is 607 g/mol. The van der Waals surface area contributed by atoms with E-state index in [0.29, 0.717) is 40.7 Å². The fraction of sp³-hybridized carbons (Fsp3) is 0.639. The predicted octanol–water partition coefficient (Wildman–Crippen LogP) is 6.87. The number of piperazine rings is 1. The van der Waals surface area contributed by atoms with Crippen molar-refractivity contribution in [3.05, 3.63) is 53.1 Å². The van der Waals surface area contributed by atoms with E-state index in [0.717, 1.165) is 57.7 Å². The summed E-state index contributed by atoms with van der Waals surface area (Å²) in [6.07, 6.45) is 4.38. The lowest BCUT2D eigenvalue weighted by Gasteiger charge is -2.58. The molecule has 1 atom stereocenters. The molecule has 0 N–H and O–H groups in total. The lowest BCUT2D eigenvalue weighted by atomic mass is 9.59. The van der Waals surface area contributed by atoms with E-state index in [4.69, 9.17) is 18.9 Å². The summed E-state index contributed by atoms with van der Waals surface area (Å²) in [5.74, 6) is 2.48. The highest BCUT2D eigenvalue weighted by atomic mass is 16.6. The molecule has 0 bridgehead atoms. The van der Waals surface area contributed by atoms with E-state index < -0.39 is 5.60 Å². The Morgan fingerprint density at radius 3 is 2.14 bits per heavy atom. The van der Waals surface area contributed by atoms with Gasteiger partial charge in [-0.25, -0.2) is 4.79 Å². The third-order valence-electron chi connectivity index (χ3n) is 9.90. The Bertz CT molecular complexity index is 1260. The van der Waals surface area contributed by atoms with Gasteiger partial charge in [0.05, 0.1) is 21.3 Å². The number of hydrogen-bond acceptors (Lipinski definition) is 7. The van der Waals surface area contributed by atoms with E-state index in [1.807, 2.05) is 25.7 Å². The molecule has 8 nitrogen and oxygen atoms in total. The van der Waals surface area contributed by atoms with Gasteiger partial charge in [0, 0.05) is 51.4 Å². The van der Waals surface area contributed by atoms with Gasteiger partial charge in [0.1, 0.15) is 5.60 Å². The highest BCUT2D eigenvalue weighted by molar-refractivity contribution is 5.68. The van der Waals surface area contributed by atoms with Crippen molar-refractivity contribution in [2.24, 2.45) is 5.41 Å². The van der Waals surface area contributed by atoms with Gasteiger partial charge in [0.2, 0.25) is 5.75 Å². The molecule has 2 aromatic carbocycles. The zero-order chi connectivity index (χ0) is 31.6. The number of piperidine rings is 1. The quantitative estimate of drug-likeness (QED) is 0.324. The topological polar surface area (TPSA) is 63.7 Å². The van der Waals surface area contributed by atoms with Crippen molar-refractivity contribution in [3.63, 3.8) is 0 Å². The Hall–Kier alpha value is -2.97. The van der Waals surface area contributed by atoms with Crippen molar-refractivity contribution in [3.8, 4) is 17.2 Å². The lowest BCUT2D eigenvalue weighted by Crippen LogP contribution is -2.60. The van der Waals surface area contributed by atoms with Crippen LogP contribution in [0.1, 0.15) is 89.0 Å². The highest BCUT2D eigenvalue weighted by Crippen LogP contribution is 2.53. The Labute approximate surface area is 264 Å². The zero-order valence-corrected chi connectivity index (χ0v) is 28.2. The van der Waals surface area contributed by atoms with Crippen LogP contribution in [0.3, 0.4) is 0 Å². The van der Waals surface area contributed by atoms with E-state index in [1.54, 1.807) is 21.3 Å². The fourth-order valence-corrected chi connectivity index (χ4v) is 7.61. The molecular weight excluding hydrogens is 554 g/mol. The van der Waals surface area contributed by atoms with E-state index in [9.17, 15) is 4.79 Å². The van der Waals surface area contributed by atoms with Crippen molar-refractivity contribution in [1.29, 1.82) is 0 Å². The number of ether oxygens (including phenoxy) is 4. The van der Waals surface area contributed by atoms with Gasteiger partial charge in [0.15, 0.2) is 11.5 Å². The molecule has 3 fully saturated rings. The largest absolute Gasteiger partial charge is 0.493 e. The number of likely N-dealkylation sites (tertiary alicyclic amines) is 1. The van der Waals surface area contributed by atoms with Crippen LogP contribution in [0.15, 0.2) is 36.4 Å². The average molecular weight is 608 g/mol. The van der Waals surface area contributed by atoms with Crippen molar-refractivity contribution in [1.82, 2.24) is 14.7 Å². The van der Waals surface area contributed by atoms with Crippen LogP contribution < -0.4 is 14.2 Å². The Balaban J connectivity index is 1.31. The third-order valence-corrected chi connectivity index (χ3v) is 9.90. The lowest BCUT2D eigenvalue weighted by molar-refractivity contribution is -0.0782. The van der Waals surface area contributed by atoms with Crippen molar-refractivity contribution >= 4 is 6.09 Å². The summed E-state index contributed by atoms with van der Waals surface area (Å²) in [5, 5.41) is 0. The van der Waals surface area contributed by atoms with Crippen LogP contribution in [0.4, 0.5) is 4.79 Å². The molecule has 1 amide bonds. The molecule has 2 heterocycles.